The number of carbonyl (C=O) groups is 2. The van der Waals surface area contributed by atoms with Gasteiger partial charge in [0.2, 0.25) is 5.91 Å². The minimum atomic E-state index is 0.0106. The molecule has 5 rings (SSSR count). The molecule has 1 N–H and O–H groups in total. The van der Waals surface area contributed by atoms with E-state index in [0.717, 1.165) is 24.9 Å². The van der Waals surface area contributed by atoms with Crippen molar-refractivity contribution in [1.82, 2.24) is 25.2 Å². The van der Waals surface area contributed by atoms with E-state index in [1.54, 1.807) is 17.1 Å². The van der Waals surface area contributed by atoms with Crippen LogP contribution in [0.1, 0.15) is 55.8 Å². The molecule has 2 saturated carbocycles. The van der Waals surface area contributed by atoms with E-state index in [9.17, 15) is 9.59 Å². The first-order valence-corrected chi connectivity index (χ1v) is 10.6. The van der Waals surface area contributed by atoms with Crippen molar-refractivity contribution in [2.75, 3.05) is 6.54 Å². The number of benzene rings is 1. The van der Waals surface area contributed by atoms with Crippen LogP contribution in [0.15, 0.2) is 36.7 Å². The lowest BCUT2D eigenvalue weighted by molar-refractivity contribution is -0.137. The highest BCUT2D eigenvalue weighted by Gasteiger charge is 2.50. The SMILES string of the molecule is CC1CC(NC(=O)C2CC3(CCC3)C2)CN1C(=O)c1ccc(-n2ccnn2)cc1. The molecule has 0 radical (unpaired) electrons. The molecular weight excluding hydrogens is 366 g/mol. The van der Waals surface area contributed by atoms with Crippen LogP contribution in [0.4, 0.5) is 0 Å². The Morgan fingerprint density at radius 2 is 1.93 bits per heavy atom. The van der Waals surface area contributed by atoms with Gasteiger partial charge < -0.3 is 10.2 Å². The zero-order valence-corrected chi connectivity index (χ0v) is 16.8. The zero-order chi connectivity index (χ0) is 20.0. The van der Waals surface area contributed by atoms with Crippen LogP contribution in [0.5, 0.6) is 0 Å². The van der Waals surface area contributed by atoms with Gasteiger partial charge in [-0.25, -0.2) is 4.68 Å². The summed E-state index contributed by atoms with van der Waals surface area (Å²) in [7, 11) is 0. The first-order chi connectivity index (χ1) is 14.0. The number of carbonyl (C=O) groups excluding carboxylic acids is 2. The highest BCUT2D eigenvalue weighted by atomic mass is 16.2. The van der Waals surface area contributed by atoms with E-state index in [4.69, 9.17) is 0 Å². The van der Waals surface area contributed by atoms with Crippen molar-refractivity contribution in [1.29, 1.82) is 0 Å². The lowest BCUT2D eigenvalue weighted by Gasteiger charge is -2.53. The topological polar surface area (TPSA) is 80.1 Å². The summed E-state index contributed by atoms with van der Waals surface area (Å²) in [5.41, 5.74) is 2.02. The number of hydrogen-bond acceptors (Lipinski definition) is 4. The fourth-order valence-electron chi connectivity index (χ4n) is 5.26. The summed E-state index contributed by atoms with van der Waals surface area (Å²) in [5, 5.41) is 11.0. The Bertz CT molecular complexity index is 896. The van der Waals surface area contributed by atoms with Crippen LogP contribution in [0, 0.1) is 11.3 Å². The van der Waals surface area contributed by atoms with E-state index >= 15 is 0 Å². The first-order valence-electron chi connectivity index (χ1n) is 10.6. The molecule has 1 saturated heterocycles. The number of hydrogen-bond donors (Lipinski definition) is 1. The van der Waals surface area contributed by atoms with Gasteiger partial charge in [-0.1, -0.05) is 11.6 Å². The van der Waals surface area contributed by atoms with E-state index in [2.05, 4.69) is 22.6 Å². The predicted molar refractivity (Wildman–Crippen MR) is 107 cm³/mol. The van der Waals surface area contributed by atoms with Gasteiger partial charge in [0.05, 0.1) is 18.1 Å². The van der Waals surface area contributed by atoms with Crippen molar-refractivity contribution in [3.05, 3.63) is 42.2 Å². The average molecular weight is 393 g/mol. The van der Waals surface area contributed by atoms with E-state index in [0.29, 0.717) is 17.5 Å². The quantitative estimate of drug-likeness (QED) is 0.866. The van der Waals surface area contributed by atoms with Gasteiger partial charge in [-0.2, -0.15) is 0 Å². The number of nitrogens with one attached hydrogen (secondary N) is 1. The molecule has 7 nitrogen and oxygen atoms in total. The second-order valence-corrected chi connectivity index (χ2v) is 9.10. The fourth-order valence-corrected chi connectivity index (χ4v) is 5.26. The second-order valence-electron chi connectivity index (χ2n) is 9.10. The number of aromatic nitrogens is 3. The maximum absolute atomic E-state index is 13.0. The number of likely N-dealkylation sites (tertiary alicyclic amines) is 1. The van der Waals surface area contributed by atoms with Gasteiger partial charge in [0, 0.05) is 30.1 Å². The van der Waals surface area contributed by atoms with Gasteiger partial charge >= 0.3 is 0 Å². The summed E-state index contributed by atoms with van der Waals surface area (Å²) in [6, 6.07) is 7.55. The Hall–Kier alpha value is -2.70. The molecule has 29 heavy (non-hydrogen) atoms. The summed E-state index contributed by atoms with van der Waals surface area (Å²) in [6.07, 6.45) is 10.2. The molecule has 2 aromatic rings. The van der Waals surface area contributed by atoms with Crippen LogP contribution in [-0.2, 0) is 4.79 Å². The minimum absolute atomic E-state index is 0.0106. The van der Waals surface area contributed by atoms with Gasteiger partial charge in [0.15, 0.2) is 0 Å². The van der Waals surface area contributed by atoms with Crippen molar-refractivity contribution in [2.45, 2.75) is 57.5 Å². The zero-order valence-electron chi connectivity index (χ0n) is 16.8. The number of rotatable bonds is 4. The molecule has 3 fully saturated rings. The average Bonchev–Trinajstić information content (AvgIpc) is 3.29. The summed E-state index contributed by atoms with van der Waals surface area (Å²) in [4.78, 5) is 27.5. The van der Waals surface area contributed by atoms with E-state index in [1.165, 1.54) is 19.3 Å². The Morgan fingerprint density at radius 1 is 1.17 bits per heavy atom. The van der Waals surface area contributed by atoms with Gasteiger partial charge in [-0.05, 0) is 68.7 Å². The van der Waals surface area contributed by atoms with Crippen LogP contribution >= 0.6 is 0 Å². The fraction of sp³-hybridized carbons (Fsp3) is 0.545. The number of nitrogens with zero attached hydrogens (tertiary/aromatic N) is 4. The summed E-state index contributed by atoms with van der Waals surface area (Å²) < 4.78 is 1.66. The lowest BCUT2D eigenvalue weighted by atomic mass is 9.51. The predicted octanol–water partition coefficient (Wildman–Crippen LogP) is 2.57. The Kier molecular flexibility index (Phi) is 4.41. The van der Waals surface area contributed by atoms with Gasteiger partial charge in [0.25, 0.3) is 5.91 Å². The van der Waals surface area contributed by atoms with Gasteiger partial charge in [-0.15, -0.1) is 5.10 Å². The minimum Gasteiger partial charge on any atom is -0.351 e. The van der Waals surface area contributed by atoms with Crippen molar-refractivity contribution in [2.24, 2.45) is 11.3 Å². The molecule has 7 heteroatoms. The molecule has 1 aromatic carbocycles. The molecule has 1 aliphatic heterocycles. The number of amides is 2. The maximum atomic E-state index is 13.0. The molecule has 2 unspecified atom stereocenters. The van der Waals surface area contributed by atoms with Gasteiger partial charge in [-0.3, -0.25) is 9.59 Å². The Balaban J connectivity index is 1.18. The highest BCUT2D eigenvalue weighted by molar-refractivity contribution is 5.95. The molecule has 3 aliphatic rings. The third kappa shape index (κ3) is 3.32. The van der Waals surface area contributed by atoms with Crippen LogP contribution < -0.4 is 5.32 Å². The molecular formula is C22H27N5O2. The molecule has 2 aliphatic carbocycles. The van der Waals surface area contributed by atoms with E-state index < -0.39 is 0 Å². The standard InChI is InChI=1S/C22H27N5O2/c1-15-11-18(24-20(28)17-12-22(13-17)7-2-8-22)14-26(15)21(29)16-3-5-19(6-4-16)27-10-9-23-25-27/h3-6,9-10,15,17-18H,2,7-8,11-14H2,1H3,(H,24,28). The molecule has 152 valence electrons. The largest absolute Gasteiger partial charge is 0.351 e. The third-order valence-electron chi connectivity index (χ3n) is 7.13. The van der Waals surface area contributed by atoms with Crippen molar-refractivity contribution in [3.63, 3.8) is 0 Å². The molecule has 2 amide bonds. The maximum Gasteiger partial charge on any atom is 0.254 e. The molecule has 1 spiro atoms. The second kappa shape index (κ2) is 6.97. The Labute approximate surface area is 170 Å². The van der Waals surface area contributed by atoms with E-state index in [1.807, 2.05) is 29.2 Å². The molecule has 1 aromatic heterocycles. The summed E-state index contributed by atoms with van der Waals surface area (Å²) in [5.74, 6) is 0.377. The smallest absolute Gasteiger partial charge is 0.254 e. The normalized spacial score (nSPS) is 25.5. The molecule has 2 heterocycles. The van der Waals surface area contributed by atoms with Crippen LogP contribution in [-0.4, -0.2) is 50.3 Å². The lowest BCUT2D eigenvalue weighted by Crippen LogP contribution is -2.51. The van der Waals surface area contributed by atoms with Crippen LogP contribution in [0.2, 0.25) is 0 Å². The molecule has 0 bridgehead atoms. The monoisotopic (exact) mass is 393 g/mol. The molecule has 2 atom stereocenters. The van der Waals surface area contributed by atoms with Crippen molar-refractivity contribution >= 4 is 11.8 Å². The summed E-state index contributed by atoms with van der Waals surface area (Å²) >= 11 is 0. The van der Waals surface area contributed by atoms with Crippen LogP contribution in [0.3, 0.4) is 0 Å². The van der Waals surface area contributed by atoms with Crippen molar-refractivity contribution in [3.8, 4) is 5.69 Å². The van der Waals surface area contributed by atoms with Gasteiger partial charge in [0.1, 0.15) is 0 Å². The third-order valence-corrected chi connectivity index (χ3v) is 7.13. The van der Waals surface area contributed by atoms with E-state index in [-0.39, 0.29) is 29.8 Å². The Morgan fingerprint density at radius 3 is 2.55 bits per heavy atom. The van der Waals surface area contributed by atoms with Crippen molar-refractivity contribution < 1.29 is 9.59 Å². The summed E-state index contributed by atoms with van der Waals surface area (Å²) in [6.45, 7) is 2.63. The first kappa shape index (κ1) is 18.3. The van der Waals surface area contributed by atoms with Crippen LogP contribution in [0.25, 0.3) is 5.69 Å². The highest BCUT2D eigenvalue weighted by Crippen LogP contribution is 2.58.